The fourth-order valence-electron chi connectivity index (χ4n) is 0.227. The largest absolute Gasteiger partial charge is 0.395 e. The fourth-order valence-corrected chi connectivity index (χ4v) is 0.660. The van der Waals surface area contributed by atoms with Gasteiger partial charge in [0.15, 0.2) is 0 Å². The Labute approximate surface area is 61.6 Å². The molecule has 0 saturated carbocycles. The number of hydrogen-bond acceptors (Lipinski definition) is 0. The summed E-state index contributed by atoms with van der Waals surface area (Å²) in [5.41, 5.74) is 0. The predicted molar refractivity (Wildman–Crippen MR) is 29.6 cm³/mol. The van der Waals surface area contributed by atoms with Crippen molar-refractivity contribution in [3.63, 3.8) is 0 Å². The lowest BCUT2D eigenvalue weighted by Crippen LogP contribution is -2.18. The molecule has 0 aliphatic rings. The van der Waals surface area contributed by atoms with Gasteiger partial charge in [-0.25, -0.2) is 0 Å². The smallest absolute Gasteiger partial charge is 0.195 e. The van der Waals surface area contributed by atoms with E-state index in [1.54, 1.807) is 0 Å². The third-order valence-electron chi connectivity index (χ3n) is 0.401. The first-order valence-electron chi connectivity index (χ1n) is 1.84. The number of halogens is 6. The van der Waals surface area contributed by atoms with Gasteiger partial charge in [0.25, 0.3) is 0 Å². The summed E-state index contributed by atoms with van der Waals surface area (Å²) in [5, 5.41) is 0. The molecule has 0 aromatic carbocycles. The van der Waals surface area contributed by atoms with Crippen LogP contribution in [-0.4, -0.2) is 10.1 Å². The van der Waals surface area contributed by atoms with Gasteiger partial charge in [0.05, 0.1) is 0 Å². The minimum absolute atomic E-state index is 0.448. The molecule has 0 saturated heterocycles. The Kier molecular flexibility index (Phi) is 2.66. The van der Waals surface area contributed by atoms with Gasteiger partial charge in [-0.3, -0.25) is 0 Å². The van der Waals surface area contributed by atoms with E-state index in [4.69, 9.17) is 0 Å². The Morgan fingerprint density at radius 2 is 1.33 bits per heavy atom. The van der Waals surface area contributed by atoms with Crippen LogP contribution in [0.2, 0.25) is 0 Å². The summed E-state index contributed by atoms with van der Waals surface area (Å²) in [7, 11) is 0. The van der Waals surface area contributed by atoms with Crippen LogP contribution in [0.1, 0.15) is 6.42 Å². The van der Waals surface area contributed by atoms with Crippen molar-refractivity contribution in [3.05, 3.63) is 0 Å². The van der Waals surface area contributed by atoms with Crippen LogP contribution in [0.25, 0.3) is 0 Å². The van der Waals surface area contributed by atoms with Gasteiger partial charge in [0.1, 0.15) is 6.42 Å². The highest BCUT2D eigenvalue weighted by atomic mass is 127. The predicted octanol–water partition coefficient (Wildman–Crippen LogP) is 2.97. The van der Waals surface area contributed by atoms with Gasteiger partial charge in [-0.05, 0) is 22.6 Å². The molecular weight excluding hydrogens is 258 g/mol. The first-order chi connectivity index (χ1) is 3.71. The average Bonchev–Trinajstić information content (AvgIpc) is 1.14. The molecule has 0 fully saturated rings. The van der Waals surface area contributed by atoms with E-state index >= 15 is 0 Å². The Morgan fingerprint density at radius 3 is 1.33 bits per heavy atom. The van der Waals surface area contributed by atoms with Gasteiger partial charge >= 0.3 is 10.1 Å². The molecule has 0 aliphatic heterocycles. The Hall–Kier alpha value is 0.380. The standard InChI is InChI=1S/C3H2F5I/c4-2(5,6)1-3(7,8)9/h1H2. The minimum atomic E-state index is -4.77. The first kappa shape index (κ1) is 9.38. The van der Waals surface area contributed by atoms with Crippen LogP contribution in [0.15, 0.2) is 0 Å². The Balaban J connectivity index is 3.75. The van der Waals surface area contributed by atoms with Crippen molar-refractivity contribution in [3.8, 4) is 0 Å². The molecule has 0 nitrogen and oxygen atoms in total. The van der Waals surface area contributed by atoms with Crippen molar-refractivity contribution in [2.45, 2.75) is 16.5 Å². The monoisotopic (exact) mass is 260 g/mol. The molecule has 56 valence electrons. The molecular formula is C3H2F5I. The van der Waals surface area contributed by atoms with E-state index in [-0.39, 0.29) is 0 Å². The molecule has 0 aromatic heterocycles. The molecule has 0 rings (SSSR count). The molecule has 6 heteroatoms. The van der Waals surface area contributed by atoms with Crippen molar-refractivity contribution in [2.75, 3.05) is 0 Å². The van der Waals surface area contributed by atoms with Crippen LogP contribution in [0, 0.1) is 0 Å². The molecule has 0 radical (unpaired) electrons. The van der Waals surface area contributed by atoms with Crippen LogP contribution in [0.5, 0.6) is 0 Å². The SMILES string of the molecule is FC(F)(F)CC(F)(F)I. The Bertz CT molecular complexity index is 77.4. The summed E-state index contributed by atoms with van der Waals surface area (Å²) < 4.78 is 52.5. The maximum Gasteiger partial charge on any atom is 0.395 e. The van der Waals surface area contributed by atoms with Crippen LogP contribution in [0.4, 0.5) is 22.0 Å². The van der Waals surface area contributed by atoms with Crippen molar-refractivity contribution in [1.82, 2.24) is 0 Å². The van der Waals surface area contributed by atoms with Crippen molar-refractivity contribution < 1.29 is 22.0 Å². The van der Waals surface area contributed by atoms with Crippen LogP contribution < -0.4 is 0 Å². The van der Waals surface area contributed by atoms with E-state index in [1.807, 2.05) is 0 Å². The van der Waals surface area contributed by atoms with Crippen LogP contribution in [-0.2, 0) is 0 Å². The van der Waals surface area contributed by atoms with E-state index in [9.17, 15) is 22.0 Å². The lowest BCUT2D eigenvalue weighted by atomic mass is 10.4. The highest BCUT2D eigenvalue weighted by Crippen LogP contribution is 2.35. The summed E-state index contributed by atoms with van der Waals surface area (Å²) >= 11 is 0.448. The lowest BCUT2D eigenvalue weighted by molar-refractivity contribution is -0.161. The molecule has 0 spiro atoms. The molecule has 0 aromatic rings. The van der Waals surface area contributed by atoms with Crippen molar-refractivity contribution in [2.24, 2.45) is 0 Å². The van der Waals surface area contributed by atoms with Gasteiger partial charge < -0.3 is 0 Å². The second kappa shape index (κ2) is 2.55. The highest BCUT2D eigenvalue weighted by molar-refractivity contribution is 14.1. The zero-order valence-corrected chi connectivity index (χ0v) is 6.13. The average molecular weight is 260 g/mol. The molecule has 9 heavy (non-hydrogen) atoms. The zero-order chi connectivity index (χ0) is 7.71. The maximum atomic E-state index is 11.5. The summed E-state index contributed by atoms with van der Waals surface area (Å²) in [6.45, 7) is 0. The zero-order valence-electron chi connectivity index (χ0n) is 3.97. The summed E-state index contributed by atoms with van der Waals surface area (Å²) in [6.07, 6.45) is -6.83. The molecule has 0 aliphatic carbocycles. The molecule has 0 unspecified atom stereocenters. The maximum absolute atomic E-state index is 11.5. The molecule has 0 amide bonds. The number of hydrogen-bond donors (Lipinski definition) is 0. The number of alkyl halides is 6. The molecule has 0 heterocycles. The second-order valence-electron chi connectivity index (χ2n) is 1.41. The Morgan fingerprint density at radius 1 is 1.00 bits per heavy atom. The van der Waals surface area contributed by atoms with Gasteiger partial charge in [-0.2, -0.15) is 22.0 Å². The summed E-state index contributed by atoms with van der Waals surface area (Å²) in [6, 6.07) is 0. The van der Waals surface area contributed by atoms with E-state index in [1.165, 1.54) is 0 Å². The summed E-state index contributed by atoms with van der Waals surface area (Å²) in [4.78, 5) is 0. The van der Waals surface area contributed by atoms with E-state index in [0.29, 0.717) is 22.6 Å². The molecule has 0 N–H and O–H groups in total. The molecule has 0 bridgehead atoms. The fraction of sp³-hybridized carbons (Fsp3) is 1.00. The topological polar surface area (TPSA) is 0 Å². The van der Waals surface area contributed by atoms with E-state index in [0.717, 1.165) is 0 Å². The number of rotatable bonds is 1. The van der Waals surface area contributed by atoms with Gasteiger partial charge in [0.2, 0.25) is 0 Å². The lowest BCUT2D eigenvalue weighted by Gasteiger charge is -2.10. The summed E-state index contributed by atoms with van der Waals surface area (Å²) in [5.74, 6) is 0. The van der Waals surface area contributed by atoms with E-state index < -0.39 is 16.5 Å². The van der Waals surface area contributed by atoms with Gasteiger partial charge in [0, 0.05) is 0 Å². The third-order valence-corrected chi connectivity index (χ3v) is 0.782. The van der Waals surface area contributed by atoms with Gasteiger partial charge in [-0.1, -0.05) is 0 Å². The second-order valence-corrected chi connectivity index (χ2v) is 2.99. The van der Waals surface area contributed by atoms with Crippen LogP contribution >= 0.6 is 22.6 Å². The van der Waals surface area contributed by atoms with E-state index in [2.05, 4.69) is 0 Å². The normalized spacial score (nSPS) is 14.0. The van der Waals surface area contributed by atoms with Crippen molar-refractivity contribution in [1.29, 1.82) is 0 Å². The van der Waals surface area contributed by atoms with Gasteiger partial charge in [-0.15, -0.1) is 0 Å². The van der Waals surface area contributed by atoms with Crippen LogP contribution in [0.3, 0.4) is 0 Å². The van der Waals surface area contributed by atoms with Crippen molar-refractivity contribution >= 4 is 22.6 Å². The molecule has 0 atom stereocenters. The highest BCUT2D eigenvalue weighted by Gasteiger charge is 2.41. The quantitative estimate of drug-likeness (QED) is 0.386. The third kappa shape index (κ3) is 8.38. The minimum Gasteiger partial charge on any atom is -0.195 e. The first-order valence-corrected chi connectivity index (χ1v) is 2.92.